The van der Waals surface area contributed by atoms with Crippen molar-refractivity contribution in [2.75, 3.05) is 7.11 Å². The van der Waals surface area contributed by atoms with E-state index in [1.807, 2.05) is 31.2 Å². The highest BCUT2D eigenvalue weighted by Gasteiger charge is 2.17. The average Bonchev–Trinajstić information content (AvgIpc) is 2.41. The molecule has 1 atom stereocenters. The fourth-order valence-electron chi connectivity index (χ4n) is 2.08. The Labute approximate surface area is 112 Å². The summed E-state index contributed by atoms with van der Waals surface area (Å²) in [6, 6.07) is 12.2. The first kappa shape index (κ1) is 13.5. The molecule has 2 aromatic rings. The van der Waals surface area contributed by atoms with Crippen molar-refractivity contribution < 1.29 is 9.13 Å². The summed E-state index contributed by atoms with van der Waals surface area (Å²) in [7, 11) is 1.51. The van der Waals surface area contributed by atoms with Gasteiger partial charge in [0.15, 0.2) is 0 Å². The highest BCUT2D eigenvalue weighted by Crippen LogP contribution is 2.26. The topological polar surface area (TPSA) is 47.3 Å². The van der Waals surface area contributed by atoms with Crippen LogP contribution in [0.2, 0.25) is 0 Å². The number of hydrogen-bond acceptors (Lipinski definition) is 3. The Morgan fingerprint density at radius 1 is 1.21 bits per heavy atom. The Kier molecular flexibility index (Phi) is 4.14. The van der Waals surface area contributed by atoms with Crippen molar-refractivity contribution in [3.05, 3.63) is 65.0 Å². The first-order valence-electron chi connectivity index (χ1n) is 6.02. The number of halogens is 1. The Balaban J connectivity index is 2.42. The van der Waals surface area contributed by atoms with Crippen molar-refractivity contribution in [1.82, 2.24) is 5.43 Å². The molecule has 1 unspecified atom stereocenters. The van der Waals surface area contributed by atoms with E-state index in [1.54, 1.807) is 12.1 Å². The van der Waals surface area contributed by atoms with E-state index in [0.717, 1.165) is 11.1 Å². The molecule has 0 fully saturated rings. The van der Waals surface area contributed by atoms with E-state index < -0.39 is 0 Å². The van der Waals surface area contributed by atoms with Crippen LogP contribution in [0, 0.1) is 12.7 Å². The van der Waals surface area contributed by atoms with Gasteiger partial charge in [-0.15, -0.1) is 0 Å². The molecule has 2 rings (SSSR count). The zero-order valence-corrected chi connectivity index (χ0v) is 11.0. The molecule has 4 heteroatoms. The van der Waals surface area contributed by atoms with E-state index >= 15 is 0 Å². The molecule has 0 saturated heterocycles. The van der Waals surface area contributed by atoms with Gasteiger partial charge in [-0.25, -0.2) is 9.82 Å². The molecule has 0 amide bonds. The van der Waals surface area contributed by atoms with Crippen LogP contribution in [0.1, 0.15) is 22.7 Å². The Morgan fingerprint density at radius 3 is 2.58 bits per heavy atom. The van der Waals surface area contributed by atoms with Crippen LogP contribution >= 0.6 is 0 Å². The second kappa shape index (κ2) is 5.82. The summed E-state index contributed by atoms with van der Waals surface area (Å²) in [4.78, 5) is 0. The maximum atomic E-state index is 14.1. The molecular weight excluding hydrogens is 243 g/mol. The van der Waals surface area contributed by atoms with Gasteiger partial charge in [0.05, 0.1) is 13.2 Å². The lowest BCUT2D eigenvalue weighted by Crippen LogP contribution is -2.29. The number of benzene rings is 2. The molecule has 19 heavy (non-hydrogen) atoms. The molecule has 0 spiro atoms. The summed E-state index contributed by atoms with van der Waals surface area (Å²) in [6.07, 6.45) is 0. The summed E-state index contributed by atoms with van der Waals surface area (Å²) in [6.45, 7) is 1.99. The minimum absolute atomic E-state index is 0.344. The lowest BCUT2D eigenvalue weighted by Gasteiger charge is -2.18. The van der Waals surface area contributed by atoms with E-state index in [-0.39, 0.29) is 11.9 Å². The Bertz CT molecular complexity index is 572. The van der Waals surface area contributed by atoms with E-state index in [0.29, 0.717) is 11.3 Å². The highest BCUT2D eigenvalue weighted by atomic mass is 19.1. The van der Waals surface area contributed by atoms with Gasteiger partial charge in [0, 0.05) is 11.6 Å². The van der Waals surface area contributed by atoms with E-state index in [4.69, 9.17) is 10.6 Å². The van der Waals surface area contributed by atoms with Crippen LogP contribution in [0.3, 0.4) is 0 Å². The number of rotatable bonds is 4. The molecular formula is C15H17FN2O. The smallest absolute Gasteiger partial charge is 0.132 e. The number of ether oxygens (including phenoxy) is 1. The number of nitrogens with one attached hydrogen (secondary N) is 1. The van der Waals surface area contributed by atoms with E-state index in [1.165, 1.54) is 13.2 Å². The number of hydrazine groups is 1. The summed E-state index contributed by atoms with van der Waals surface area (Å²) in [5.74, 6) is 5.72. The maximum Gasteiger partial charge on any atom is 0.132 e. The second-order valence-electron chi connectivity index (χ2n) is 4.40. The maximum absolute atomic E-state index is 14.1. The predicted molar refractivity (Wildman–Crippen MR) is 73.3 cm³/mol. The molecule has 0 bridgehead atoms. The zero-order valence-electron chi connectivity index (χ0n) is 11.0. The third-order valence-corrected chi connectivity index (χ3v) is 3.06. The minimum atomic E-state index is -0.384. The lowest BCUT2D eigenvalue weighted by molar-refractivity contribution is 0.410. The lowest BCUT2D eigenvalue weighted by atomic mass is 9.97. The molecule has 0 aliphatic carbocycles. The molecule has 0 aliphatic heterocycles. The molecule has 0 saturated carbocycles. The third kappa shape index (κ3) is 2.92. The average molecular weight is 260 g/mol. The first-order valence-corrected chi connectivity index (χ1v) is 6.02. The zero-order chi connectivity index (χ0) is 13.8. The van der Waals surface area contributed by atoms with Gasteiger partial charge in [0.1, 0.15) is 11.6 Å². The molecule has 0 radical (unpaired) electrons. The van der Waals surface area contributed by atoms with Crippen LogP contribution in [-0.2, 0) is 0 Å². The minimum Gasteiger partial charge on any atom is -0.497 e. The van der Waals surface area contributed by atoms with E-state index in [9.17, 15) is 4.39 Å². The normalized spacial score (nSPS) is 12.2. The summed E-state index contributed by atoms with van der Waals surface area (Å²) in [5, 5.41) is 0. The Morgan fingerprint density at radius 2 is 2.00 bits per heavy atom. The second-order valence-corrected chi connectivity index (χ2v) is 4.40. The predicted octanol–water partition coefficient (Wildman–Crippen LogP) is 2.70. The molecule has 0 heterocycles. The van der Waals surface area contributed by atoms with Crippen LogP contribution in [-0.4, -0.2) is 7.11 Å². The van der Waals surface area contributed by atoms with Gasteiger partial charge in [0.2, 0.25) is 0 Å². The van der Waals surface area contributed by atoms with Crippen LogP contribution in [0.5, 0.6) is 5.75 Å². The number of hydrogen-bond donors (Lipinski definition) is 2. The van der Waals surface area contributed by atoms with Crippen LogP contribution in [0.15, 0.2) is 42.5 Å². The summed E-state index contributed by atoms with van der Waals surface area (Å²) >= 11 is 0. The van der Waals surface area contributed by atoms with Gasteiger partial charge in [-0.05, 0) is 18.6 Å². The van der Waals surface area contributed by atoms with Crippen molar-refractivity contribution in [3.63, 3.8) is 0 Å². The summed E-state index contributed by atoms with van der Waals surface area (Å²) < 4.78 is 19.1. The molecule has 3 nitrogen and oxygen atoms in total. The van der Waals surface area contributed by atoms with Gasteiger partial charge in [-0.1, -0.05) is 35.9 Å². The monoisotopic (exact) mass is 260 g/mol. The van der Waals surface area contributed by atoms with E-state index in [2.05, 4.69) is 5.43 Å². The van der Waals surface area contributed by atoms with Crippen molar-refractivity contribution in [2.24, 2.45) is 5.84 Å². The van der Waals surface area contributed by atoms with Crippen LogP contribution in [0.25, 0.3) is 0 Å². The largest absolute Gasteiger partial charge is 0.497 e. The standard InChI is InChI=1S/C15H17FN2O/c1-10-4-3-5-11(8-10)15(18-17)13-7-6-12(19-2)9-14(13)16/h3-9,15,18H,17H2,1-2H3. The van der Waals surface area contributed by atoms with Crippen LogP contribution in [0.4, 0.5) is 4.39 Å². The highest BCUT2D eigenvalue weighted by molar-refractivity contribution is 5.37. The fraction of sp³-hybridized carbons (Fsp3) is 0.200. The van der Waals surface area contributed by atoms with Gasteiger partial charge in [-0.2, -0.15) is 0 Å². The van der Waals surface area contributed by atoms with Crippen LogP contribution < -0.4 is 16.0 Å². The van der Waals surface area contributed by atoms with Crippen molar-refractivity contribution in [1.29, 1.82) is 0 Å². The van der Waals surface area contributed by atoms with Crippen molar-refractivity contribution in [2.45, 2.75) is 13.0 Å². The third-order valence-electron chi connectivity index (χ3n) is 3.06. The van der Waals surface area contributed by atoms with Gasteiger partial charge < -0.3 is 4.74 Å². The quantitative estimate of drug-likeness (QED) is 0.656. The fourth-order valence-corrected chi connectivity index (χ4v) is 2.08. The molecule has 100 valence electrons. The van der Waals surface area contributed by atoms with Gasteiger partial charge >= 0.3 is 0 Å². The van der Waals surface area contributed by atoms with Gasteiger partial charge in [0.25, 0.3) is 0 Å². The van der Waals surface area contributed by atoms with Crippen molar-refractivity contribution in [3.8, 4) is 5.75 Å². The molecule has 2 aromatic carbocycles. The molecule has 0 aliphatic rings. The van der Waals surface area contributed by atoms with Crippen molar-refractivity contribution >= 4 is 0 Å². The molecule has 3 N–H and O–H groups in total. The number of aryl methyl sites for hydroxylation is 1. The Hall–Kier alpha value is -1.91. The SMILES string of the molecule is COc1ccc(C(NN)c2cccc(C)c2)c(F)c1. The number of methoxy groups -OCH3 is 1. The molecule has 0 aromatic heterocycles. The number of nitrogens with two attached hydrogens (primary N) is 1. The summed E-state index contributed by atoms with van der Waals surface area (Å²) in [5.41, 5.74) is 5.18. The first-order chi connectivity index (χ1) is 9.15. The van der Waals surface area contributed by atoms with Gasteiger partial charge in [-0.3, -0.25) is 5.84 Å².